The number of sulfonamides is 1. The highest BCUT2D eigenvalue weighted by atomic mass is 32.2. The van der Waals surface area contributed by atoms with E-state index in [-0.39, 0.29) is 22.8 Å². The number of aryl methyl sites for hydroxylation is 2. The lowest BCUT2D eigenvalue weighted by Gasteiger charge is -2.12. The summed E-state index contributed by atoms with van der Waals surface area (Å²) in [4.78, 5) is 23.7. The third kappa shape index (κ3) is 6.10. The lowest BCUT2D eigenvalue weighted by Crippen LogP contribution is -2.15. The number of hydrogen-bond donors (Lipinski definition) is 2. The van der Waals surface area contributed by atoms with Gasteiger partial charge in [0, 0.05) is 16.9 Å². The summed E-state index contributed by atoms with van der Waals surface area (Å²) < 4.78 is 50.8. The topological polar surface area (TPSA) is 111 Å². The number of anilines is 2. The molecule has 3 rings (SSSR count). The van der Waals surface area contributed by atoms with Crippen molar-refractivity contribution in [1.29, 1.82) is 0 Å². The van der Waals surface area contributed by atoms with Gasteiger partial charge in [-0.05, 0) is 85.6 Å². The van der Waals surface area contributed by atoms with Gasteiger partial charge in [-0.3, -0.25) is 9.52 Å². The first-order chi connectivity index (χ1) is 16.1. The molecule has 0 fully saturated rings. The summed E-state index contributed by atoms with van der Waals surface area (Å²) in [5.41, 5.74) is 2.04. The zero-order valence-corrected chi connectivity index (χ0v) is 19.5. The van der Waals surface area contributed by atoms with Gasteiger partial charge in [0.2, 0.25) is 0 Å². The highest BCUT2D eigenvalue weighted by Gasteiger charge is 2.16. The fourth-order valence-electron chi connectivity index (χ4n) is 2.95. The number of amides is 1. The molecule has 34 heavy (non-hydrogen) atoms. The van der Waals surface area contributed by atoms with Gasteiger partial charge >= 0.3 is 5.97 Å². The molecule has 3 aromatic rings. The zero-order valence-electron chi connectivity index (χ0n) is 18.7. The lowest BCUT2D eigenvalue weighted by atomic mass is 10.1. The molecule has 0 saturated heterocycles. The predicted octanol–water partition coefficient (Wildman–Crippen LogP) is 4.05. The van der Waals surface area contributed by atoms with Crippen molar-refractivity contribution in [1.82, 2.24) is 0 Å². The van der Waals surface area contributed by atoms with E-state index in [1.807, 2.05) is 0 Å². The molecule has 2 N–H and O–H groups in total. The molecule has 0 atom stereocenters. The minimum Gasteiger partial charge on any atom is -0.482 e. The summed E-state index contributed by atoms with van der Waals surface area (Å²) in [7, 11) is -2.65. The highest BCUT2D eigenvalue weighted by molar-refractivity contribution is 7.92. The van der Waals surface area contributed by atoms with Crippen molar-refractivity contribution in [3.8, 4) is 5.75 Å². The second-order valence-corrected chi connectivity index (χ2v) is 9.07. The number of halogens is 1. The average Bonchev–Trinajstić information content (AvgIpc) is 2.80. The van der Waals surface area contributed by atoms with Crippen LogP contribution in [0.25, 0.3) is 0 Å². The molecule has 3 aromatic carbocycles. The smallest absolute Gasteiger partial charge is 0.343 e. The largest absolute Gasteiger partial charge is 0.482 e. The molecule has 0 radical (unpaired) electrons. The summed E-state index contributed by atoms with van der Waals surface area (Å²) in [5.74, 6) is -0.940. The summed E-state index contributed by atoms with van der Waals surface area (Å²) in [6.07, 6.45) is 0. The fourth-order valence-corrected chi connectivity index (χ4v) is 4.09. The number of benzene rings is 3. The van der Waals surface area contributed by atoms with Crippen LogP contribution >= 0.6 is 0 Å². The van der Waals surface area contributed by atoms with Crippen LogP contribution in [0.15, 0.2) is 65.6 Å². The monoisotopic (exact) mass is 486 g/mol. The van der Waals surface area contributed by atoms with Crippen LogP contribution < -0.4 is 14.8 Å². The molecule has 0 aliphatic carbocycles. The summed E-state index contributed by atoms with van der Waals surface area (Å²) >= 11 is 0. The van der Waals surface area contributed by atoms with E-state index in [1.165, 1.54) is 50.4 Å². The van der Waals surface area contributed by atoms with Crippen molar-refractivity contribution < 1.29 is 31.9 Å². The molecule has 0 aromatic heterocycles. The van der Waals surface area contributed by atoms with Gasteiger partial charge in [-0.2, -0.15) is 0 Å². The van der Waals surface area contributed by atoms with Gasteiger partial charge in [-0.1, -0.05) is 0 Å². The Hall–Kier alpha value is -3.92. The number of nitrogens with one attached hydrogen (secondary N) is 2. The minimum absolute atomic E-state index is 0.0669. The Morgan fingerprint density at radius 2 is 1.65 bits per heavy atom. The van der Waals surface area contributed by atoms with Crippen LogP contribution in [0.2, 0.25) is 0 Å². The normalized spacial score (nSPS) is 10.9. The van der Waals surface area contributed by atoms with Crippen LogP contribution in [0.1, 0.15) is 21.5 Å². The molecule has 0 heterocycles. The Morgan fingerprint density at radius 1 is 0.941 bits per heavy atom. The quantitative estimate of drug-likeness (QED) is 0.465. The molecule has 0 spiro atoms. The highest BCUT2D eigenvalue weighted by Crippen LogP contribution is 2.23. The maximum atomic E-state index is 13.4. The average molecular weight is 487 g/mol. The Labute approximate surface area is 196 Å². The molecule has 178 valence electrons. The van der Waals surface area contributed by atoms with E-state index in [9.17, 15) is 22.4 Å². The van der Waals surface area contributed by atoms with Crippen LogP contribution in [0.4, 0.5) is 15.8 Å². The van der Waals surface area contributed by atoms with E-state index in [1.54, 1.807) is 25.1 Å². The van der Waals surface area contributed by atoms with Gasteiger partial charge in [-0.15, -0.1) is 0 Å². The Morgan fingerprint density at radius 3 is 2.26 bits per heavy atom. The third-order valence-corrected chi connectivity index (χ3v) is 6.25. The Kier molecular flexibility index (Phi) is 7.52. The molecule has 1 amide bonds. The molecule has 0 aliphatic heterocycles. The Balaban J connectivity index is 1.66. The van der Waals surface area contributed by atoms with E-state index >= 15 is 0 Å². The number of esters is 1. The summed E-state index contributed by atoms with van der Waals surface area (Å²) in [6, 6.07) is 14.3. The fraction of sp³-hybridized carbons (Fsp3) is 0.167. The van der Waals surface area contributed by atoms with Crippen molar-refractivity contribution >= 4 is 33.3 Å². The van der Waals surface area contributed by atoms with E-state index in [0.29, 0.717) is 17.0 Å². The van der Waals surface area contributed by atoms with Crippen LogP contribution in [0.3, 0.4) is 0 Å². The standard InChI is InChI=1S/C24H23FN2O6S/c1-15-13-20(9-10-21(15)25)34(30,31)27-18-6-4-17(5-7-18)24(29)26-22-11-8-19(12-16(22)2)33-14-23(28)32-3/h4-13,27H,14H2,1-3H3,(H,26,29). The van der Waals surface area contributed by atoms with Gasteiger partial charge in [0.1, 0.15) is 11.6 Å². The number of methoxy groups -OCH3 is 1. The third-order valence-electron chi connectivity index (χ3n) is 4.87. The van der Waals surface area contributed by atoms with E-state index in [0.717, 1.165) is 11.6 Å². The SMILES string of the molecule is COC(=O)COc1ccc(NC(=O)c2ccc(NS(=O)(=O)c3ccc(F)c(C)c3)cc2)c(C)c1. The van der Waals surface area contributed by atoms with Crippen molar-refractivity contribution in [2.45, 2.75) is 18.7 Å². The first-order valence-electron chi connectivity index (χ1n) is 10.1. The maximum Gasteiger partial charge on any atom is 0.343 e. The Bertz CT molecular complexity index is 1320. The molecule has 8 nitrogen and oxygen atoms in total. The number of rotatable bonds is 8. The summed E-state index contributed by atoms with van der Waals surface area (Å²) in [6.45, 7) is 3.03. The van der Waals surface area contributed by atoms with Gasteiger partial charge in [0.15, 0.2) is 6.61 Å². The van der Waals surface area contributed by atoms with Gasteiger partial charge in [-0.25, -0.2) is 17.6 Å². The second kappa shape index (κ2) is 10.3. The van der Waals surface area contributed by atoms with Crippen LogP contribution in [0.5, 0.6) is 5.75 Å². The number of carbonyl (C=O) groups excluding carboxylic acids is 2. The van der Waals surface area contributed by atoms with Crippen molar-refractivity contribution in [2.75, 3.05) is 23.8 Å². The van der Waals surface area contributed by atoms with Crippen LogP contribution in [-0.4, -0.2) is 34.0 Å². The number of ether oxygens (including phenoxy) is 2. The summed E-state index contributed by atoms with van der Waals surface area (Å²) in [5, 5.41) is 2.77. The van der Waals surface area contributed by atoms with Crippen molar-refractivity contribution in [3.63, 3.8) is 0 Å². The lowest BCUT2D eigenvalue weighted by molar-refractivity contribution is -0.142. The van der Waals surface area contributed by atoms with Crippen LogP contribution in [-0.2, 0) is 19.6 Å². The second-order valence-electron chi connectivity index (χ2n) is 7.39. The molecule has 10 heteroatoms. The number of carbonyl (C=O) groups is 2. The molecule has 0 bridgehead atoms. The molecular weight excluding hydrogens is 463 g/mol. The van der Waals surface area contributed by atoms with Gasteiger partial charge in [0.25, 0.3) is 15.9 Å². The number of hydrogen-bond acceptors (Lipinski definition) is 6. The van der Waals surface area contributed by atoms with E-state index < -0.39 is 27.7 Å². The first-order valence-corrected chi connectivity index (χ1v) is 11.6. The zero-order chi connectivity index (χ0) is 24.9. The van der Waals surface area contributed by atoms with Gasteiger partial charge < -0.3 is 14.8 Å². The molecule has 0 unspecified atom stereocenters. The maximum absolute atomic E-state index is 13.4. The van der Waals surface area contributed by atoms with E-state index in [2.05, 4.69) is 14.8 Å². The van der Waals surface area contributed by atoms with Crippen LogP contribution in [0, 0.1) is 19.7 Å². The first kappa shape index (κ1) is 24.7. The van der Waals surface area contributed by atoms with Gasteiger partial charge in [0.05, 0.1) is 12.0 Å². The minimum atomic E-state index is -3.91. The predicted molar refractivity (Wildman–Crippen MR) is 125 cm³/mol. The van der Waals surface area contributed by atoms with E-state index in [4.69, 9.17) is 4.74 Å². The molecule has 0 saturated carbocycles. The molecule has 0 aliphatic rings. The van der Waals surface area contributed by atoms with Crippen molar-refractivity contribution in [3.05, 3.63) is 83.2 Å². The molecular formula is C24H23FN2O6S. The van der Waals surface area contributed by atoms with Crippen molar-refractivity contribution in [2.24, 2.45) is 0 Å².